The number of allylic oxidation sites excluding steroid dienone is 1. The quantitative estimate of drug-likeness (QED) is 0.486. The summed E-state index contributed by atoms with van der Waals surface area (Å²) in [5.74, 6) is 1.34. The molecule has 0 saturated heterocycles. The van der Waals surface area contributed by atoms with E-state index < -0.39 is 0 Å². The average molecular weight is 356 g/mol. The minimum absolute atomic E-state index is 0.0662. The molecule has 2 aromatic rings. The van der Waals surface area contributed by atoms with Gasteiger partial charge in [-0.2, -0.15) is 0 Å². The standard InChI is InChI=1S/C20H20O6/c1-23-13-26-15-5-6-16(18(22)12-15)17(21)7-3-14-4-8-19-20(11-14)25-10-2-9-24-19/h3-8,11-12,22H,2,9-10,13H2,1H3. The molecule has 1 aliphatic heterocycles. The maximum atomic E-state index is 12.3. The number of carbonyl (C=O) groups is 1. The second-order valence-corrected chi connectivity index (χ2v) is 5.68. The Morgan fingerprint density at radius 3 is 2.73 bits per heavy atom. The first-order chi connectivity index (χ1) is 12.7. The van der Waals surface area contributed by atoms with E-state index in [1.54, 1.807) is 12.1 Å². The third kappa shape index (κ3) is 4.34. The molecule has 2 aromatic carbocycles. The molecule has 1 aliphatic rings. The number of hydrogen-bond acceptors (Lipinski definition) is 6. The smallest absolute Gasteiger partial charge is 0.189 e. The van der Waals surface area contributed by atoms with Gasteiger partial charge in [0.25, 0.3) is 0 Å². The molecule has 0 fully saturated rings. The van der Waals surface area contributed by atoms with Crippen LogP contribution in [0.4, 0.5) is 0 Å². The zero-order chi connectivity index (χ0) is 18.4. The second kappa shape index (κ2) is 8.40. The Morgan fingerprint density at radius 1 is 1.15 bits per heavy atom. The summed E-state index contributed by atoms with van der Waals surface area (Å²) >= 11 is 0. The van der Waals surface area contributed by atoms with Gasteiger partial charge < -0.3 is 24.1 Å². The fourth-order valence-corrected chi connectivity index (χ4v) is 2.48. The Labute approximate surface area is 151 Å². The molecular formula is C20H20O6. The molecule has 0 radical (unpaired) electrons. The summed E-state index contributed by atoms with van der Waals surface area (Å²) in [4.78, 5) is 12.3. The largest absolute Gasteiger partial charge is 0.507 e. The predicted octanol–water partition coefficient (Wildman–Crippen LogP) is 3.43. The molecule has 1 heterocycles. The lowest BCUT2D eigenvalue weighted by Crippen LogP contribution is -2.00. The summed E-state index contributed by atoms with van der Waals surface area (Å²) < 4.78 is 21.2. The van der Waals surface area contributed by atoms with E-state index in [0.29, 0.717) is 30.5 Å². The number of ether oxygens (including phenoxy) is 4. The van der Waals surface area contributed by atoms with Crippen LogP contribution in [-0.2, 0) is 4.74 Å². The number of methoxy groups -OCH3 is 1. The van der Waals surface area contributed by atoms with Crippen LogP contribution < -0.4 is 14.2 Å². The summed E-state index contributed by atoms with van der Waals surface area (Å²) in [6.07, 6.45) is 3.91. The van der Waals surface area contributed by atoms with Gasteiger partial charge in [-0.1, -0.05) is 12.1 Å². The molecule has 26 heavy (non-hydrogen) atoms. The summed E-state index contributed by atoms with van der Waals surface area (Å²) in [6.45, 7) is 1.30. The highest BCUT2D eigenvalue weighted by molar-refractivity contribution is 6.08. The number of fused-ring (bicyclic) bond motifs is 1. The Bertz CT molecular complexity index is 812. The lowest BCUT2D eigenvalue weighted by Gasteiger charge is -2.08. The second-order valence-electron chi connectivity index (χ2n) is 5.68. The van der Waals surface area contributed by atoms with Gasteiger partial charge >= 0.3 is 0 Å². The lowest BCUT2D eigenvalue weighted by molar-refractivity contribution is 0.0510. The molecule has 0 saturated carbocycles. The van der Waals surface area contributed by atoms with Crippen molar-refractivity contribution in [3.63, 3.8) is 0 Å². The molecule has 1 N–H and O–H groups in total. The van der Waals surface area contributed by atoms with Gasteiger partial charge in [0.05, 0.1) is 18.8 Å². The number of phenols is 1. The van der Waals surface area contributed by atoms with Gasteiger partial charge in [-0.3, -0.25) is 4.79 Å². The molecule has 6 nitrogen and oxygen atoms in total. The van der Waals surface area contributed by atoms with Gasteiger partial charge in [-0.05, 0) is 35.9 Å². The van der Waals surface area contributed by atoms with Crippen molar-refractivity contribution in [2.24, 2.45) is 0 Å². The minimum atomic E-state index is -0.312. The van der Waals surface area contributed by atoms with Crippen molar-refractivity contribution in [2.75, 3.05) is 27.1 Å². The summed E-state index contributed by atoms with van der Waals surface area (Å²) in [5, 5.41) is 10.0. The number of rotatable bonds is 6. The molecule has 0 unspecified atom stereocenters. The molecule has 0 spiro atoms. The van der Waals surface area contributed by atoms with Crippen molar-refractivity contribution in [3.8, 4) is 23.0 Å². The predicted molar refractivity (Wildman–Crippen MR) is 96.0 cm³/mol. The number of ketones is 1. The molecule has 0 aromatic heterocycles. The van der Waals surface area contributed by atoms with Crippen LogP contribution in [-0.4, -0.2) is 38.0 Å². The van der Waals surface area contributed by atoms with Crippen LogP contribution in [0.5, 0.6) is 23.0 Å². The number of benzene rings is 2. The van der Waals surface area contributed by atoms with Crippen molar-refractivity contribution < 1.29 is 28.8 Å². The van der Waals surface area contributed by atoms with E-state index in [-0.39, 0.29) is 23.9 Å². The Kier molecular flexibility index (Phi) is 5.76. The topological polar surface area (TPSA) is 74.2 Å². The van der Waals surface area contributed by atoms with Crippen LogP contribution in [0, 0.1) is 0 Å². The molecule has 0 atom stereocenters. The Morgan fingerprint density at radius 2 is 1.96 bits per heavy atom. The number of aromatic hydroxyl groups is 1. The van der Waals surface area contributed by atoms with Crippen LogP contribution in [0.15, 0.2) is 42.5 Å². The van der Waals surface area contributed by atoms with Crippen LogP contribution in [0.25, 0.3) is 6.08 Å². The SMILES string of the molecule is COCOc1ccc(C(=O)C=Cc2ccc3c(c2)OCCCO3)c(O)c1. The van der Waals surface area contributed by atoms with E-state index in [1.165, 1.54) is 25.3 Å². The van der Waals surface area contributed by atoms with E-state index in [4.69, 9.17) is 18.9 Å². The van der Waals surface area contributed by atoms with Crippen LogP contribution >= 0.6 is 0 Å². The maximum Gasteiger partial charge on any atom is 0.189 e. The zero-order valence-corrected chi connectivity index (χ0v) is 14.4. The third-order valence-corrected chi connectivity index (χ3v) is 3.78. The van der Waals surface area contributed by atoms with Crippen LogP contribution in [0.3, 0.4) is 0 Å². The fraction of sp³-hybridized carbons (Fsp3) is 0.250. The first-order valence-corrected chi connectivity index (χ1v) is 8.24. The van der Waals surface area contributed by atoms with E-state index in [1.807, 2.05) is 18.2 Å². The van der Waals surface area contributed by atoms with E-state index >= 15 is 0 Å². The third-order valence-electron chi connectivity index (χ3n) is 3.78. The average Bonchev–Trinajstić information content (AvgIpc) is 2.89. The highest BCUT2D eigenvalue weighted by Gasteiger charge is 2.12. The molecule has 0 bridgehead atoms. The lowest BCUT2D eigenvalue weighted by atomic mass is 10.1. The molecule has 0 aliphatic carbocycles. The first kappa shape index (κ1) is 17.8. The summed E-state index contributed by atoms with van der Waals surface area (Å²) in [5.41, 5.74) is 1.00. The number of hydrogen-bond donors (Lipinski definition) is 1. The van der Waals surface area contributed by atoms with Crippen molar-refractivity contribution >= 4 is 11.9 Å². The molecule has 3 rings (SSSR count). The monoisotopic (exact) mass is 356 g/mol. The van der Waals surface area contributed by atoms with Crippen molar-refractivity contribution in [1.82, 2.24) is 0 Å². The highest BCUT2D eigenvalue weighted by Crippen LogP contribution is 2.31. The maximum absolute atomic E-state index is 12.3. The Hall–Kier alpha value is -2.99. The summed E-state index contributed by atoms with van der Waals surface area (Å²) in [6, 6.07) is 10.00. The Balaban J connectivity index is 1.72. The van der Waals surface area contributed by atoms with Crippen molar-refractivity contribution in [3.05, 3.63) is 53.6 Å². The fourth-order valence-electron chi connectivity index (χ4n) is 2.48. The molecule has 136 valence electrons. The van der Waals surface area contributed by atoms with Crippen LogP contribution in [0.2, 0.25) is 0 Å². The molecular weight excluding hydrogens is 336 g/mol. The van der Waals surface area contributed by atoms with Crippen molar-refractivity contribution in [2.45, 2.75) is 6.42 Å². The van der Waals surface area contributed by atoms with E-state index in [9.17, 15) is 9.90 Å². The van der Waals surface area contributed by atoms with Gasteiger partial charge in [-0.25, -0.2) is 0 Å². The molecule has 0 amide bonds. The highest BCUT2D eigenvalue weighted by atomic mass is 16.7. The summed E-state index contributed by atoms with van der Waals surface area (Å²) in [7, 11) is 1.50. The van der Waals surface area contributed by atoms with Gasteiger partial charge in [-0.15, -0.1) is 0 Å². The normalized spacial score (nSPS) is 13.4. The first-order valence-electron chi connectivity index (χ1n) is 8.24. The van der Waals surface area contributed by atoms with Gasteiger partial charge in [0.1, 0.15) is 11.5 Å². The van der Waals surface area contributed by atoms with Gasteiger partial charge in [0, 0.05) is 19.6 Å². The van der Waals surface area contributed by atoms with Crippen molar-refractivity contribution in [1.29, 1.82) is 0 Å². The zero-order valence-electron chi connectivity index (χ0n) is 14.4. The van der Waals surface area contributed by atoms with E-state index in [0.717, 1.165) is 12.0 Å². The van der Waals surface area contributed by atoms with Gasteiger partial charge in [0.15, 0.2) is 24.1 Å². The minimum Gasteiger partial charge on any atom is -0.507 e. The van der Waals surface area contributed by atoms with Gasteiger partial charge in [0.2, 0.25) is 0 Å². The van der Waals surface area contributed by atoms with E-state index in [2.05, 4.69) is 0 Å². The molecule has 6 heteroatoms. The van der Waals surface area contributed by atoms with Crippen LogP contribution in [0.1, 0.15) is 22.3 Å². The number of carbonyl (C=O) groups excluding carboxylic acids is 1. The number of phenolic OH excluding ortho intramolecular Hbond substituents is 1.